The van der Waals surface area contributed by atoms with Crippen molar-refractivity contribution < 1.29 is 22.9 Å². The minimum atomic E-state index is -2.66. The Bertz CT molecular complexity index is 830. The summed E-state index contributed by atoms with van der Waals surface area (Å²) in [6, 6.07) is 7.49. The number of alkyl halides is 2. The second-order valence-electron chi connectivity index (χ2n) is 6.78. The summed E-state index contributed by atoms with van der Waals surface area (Å²) < 4.78 is 36.1. The molecule has 4 rings (SSSR count). The van der Waals surface area contributed by atoms with Gasteiger partial charge in [-0.1, -0.05) is 28.9 Å². The van der Waals surface area contributed by atoms with Gasteiger partial charge in [0.25, 0.3) is 5.92 Å². The highest BCUT2D eigenvalue weighted by Crippen LogP contribution is 2.73. The summed E-state index contributed by atoms with van der Waals surface area (Å²) in [7, 11) is 0. The third-order valence-electron chi connectivity index (χ3n) is 5.49. The molecule has 2 fully saturated rings. The molecule has 0 amide bonds. The fourth-order valence-electron chi connectivity index (χ4n) is 4.02. The molecule has 3 nitrogen and oxygen atoms in total. The Morgan fingerprint density at radius 2 is 2.21 bits per heavy atom. The summed E-state index contributed by atoms with van der Waals surface area (Å²) in [6.45, 7) is 3.64. The van der Waals surface area contributed by atoms with E-state index < -0.39 is 23.2 Å². The summed E-state index contributed by atoms with van der Waals surface area (Å²) >= 11 is 3.42. The van der Waals surface area contributed by atoms with Gasteiger partial charge in [-0.2, -0.15) is 4.58 Å². The fourth-order valence-corrected chi connectivity index (χ4v) is 4.41. The molecule has 1 heterocycles. The molecular weight excluding hydrogens is 380 g/mol. The number of halogens is 3. The number of nitrogens with zero attached hydrogens (tertiary/aromatic N) is 1. The predicted octanol–water partition coefficient (Wildman–Crippen LogP) is 4.43. The maximum Gasteiger partial charge on any atom is 0.404 e. The molecule has 2 aliphatic carbocycles. The summed E-state index contributed by atoms with van der Waals surface area (Å²) in [4.78, 5) is 12.4. The predicted molar refractivity (Wildman–Crippen MR) is 88.5 cm³/mol. The molecule has 24 heavy (non-hydrogen) atoms. The van der Waals surface area contributed by atoms with Crippen molar-refractivity contribution >= 4 is 33.3 Å². The number of esters is 1. The molecule has 0 radical (unpaired) electrons. The van der Waals surface area contributed by atoms with Crippen LogP contribution in [0.5, 0.6) is 0 Å². The van der Waals surface area contributed by atoms with Crippen LogP contribution in [-0.2, 0) is 9.53 Å². The van der Waals surface area contributed by atoms with Gasteiger partial charge in [-0.3, -0.25) is 0 Å². The van der Waals surface area contributed by atoms with E-state index in [4.69, 9.17) is 4.74 Å². The molecule has 126 valence electrons. The summed E-state index contributed by atoms with van der Waals surface area (Å²) in [5.74, 6) is -3.77. The number of fused-ring (bicyclic) bond motifs is 2. The van der Waals surface area contributed by atoms with E-state index in [0.29, 0.717) is 5.70 Å². The minimum absolute atomic E-state index is 0.248. The van der Waals surface area contributed by atoms with E-state index in [0.717, 1.165) is 21.4 Å². The lowest BCUT2D eigenvalue weighted by molar-refractivity contribution is -0.398. The van der Waals surface area contributed by atoms with Gasteiger partial charge in [-0.05, 0) is 19.4 Å². The number of carbonyl (C=O) groups excluding carboxylic acids is 1. The van der Waals surface area contributed by atoms with Crippen molar-refractivity contribution in [2.24, 2.45) is 11.3 Å². The van der Waals surface area contributed by atoms with E-state index in [9.17, 15) is 13.6 Å². The van der Waals surface area contributed by atoms with Gasteiger partial charge < -0.3 is 4.74 Å². The monoisotopic (exact) mass is 396 g/mol. The lowest BCUT2D eigenvalue weighted by Crippen LogP contribution is -2.39. The van der Waals surface area contributed by atoms with Crippen LogP contribution in [0.1, 0.15) is 26.7 Å². The Labute approximate surface area is 147 Å². The maximum absolute atomic E-state index is 14.2. The first-order chi connectivity index (χ1) is 11.3. The molecule has 2 atom stereocenters. The fraction of sp³-hybridized carbons (Fsp3) is 0.444. The standard InChI is InChI=1S/C18H17BrF2NO2/c1-3-24-16(23)15-12-8-14-17(2,18(14,20)21)9-13(12)22(15)11-6-4-5-10(19)7-11/h4-7,14H,3,8-9H2,1-2H3/q+1. The van der Waals surface area contributed by atoms with Gasteiger partial charge in [0, 0.05) is 28.9 Å². The zero-order valence-corrected chi connectivity index (χ0v) is 15.0. The number of carbonyl (C=O) groups is 1. The van der Waals surface area contributed by atoms with E-state index in [1.807, 2.05) is 24.3 Å². The largest absolute Gasteiger partial charge is 0.458 e. The maximum atomic E-state index is 14.2. The topological polar surface area (TPSA) is 29.3 Å². The second kappa shape index (κ2) is 4.97. The van der Waals surface area contributed by atoms with Crippen molar-refractivity contribution in [2.45, 2.75) is 32.6 Å². The zero-order valence-electron chi connectivity index (χ0n) is 13.4. The molecule has 3 aliphatic rings. The molecule has 0 aromatic heterocycles. The number of benzene rings is 1. The Kier molecular flexibility index (Phi) is 3.30. The highest BCUT2D eigenvalue weighted by Gasteiger charge is 2.81. The average Bonchev–Trinajstić information content (AvgIpc) is 2.93. The van der Waals surface area contributed by atoms with Crippen LogP contribution in [0.2, 0.25) is 0 Å². The first-order valence-corrected chi connectivity index (χ1v) is 8.80. The number of ether oxygens (including phenoxy) is 1. The van der Waals surface area contributed by atoms with E-state index in [1.54, 1.807) is 18.4 Å². The minimum Gasteiger partial charge on any atom is -0.458 e. The van der Waals surface area contributed by atoms with Crippen molar-refractivity contribution in [3.63, 3.8) is 0 Å². The van der Waals surface area contributed by atoms with Crippen molar-refractivity contribution in [3.05, 3.63) is 40.0 Å². The van der Waals surface area contributed by atoms with Crippen LogP contribution in [0.15, 0.2) is 40.0 Å². The number of rotatable bonds is 3. The molecule has 0 saturated heterocycles. The van der Waals surface area contributed by atoms with Gasteiger partial charge in [0.05, 0.1) is 17.6 Å². The van der Waals surface area contributed by atoms with Crippen molar-refractivity contribution in [2.75, 3.05) is 6.61 Å². The van der Waals surface area contributed by atoms with Crippen molar-refractivity contribution in [3.8, 4) is 0 Å². The van der Waals surface area contributed by atoms with Crippen molar-refractivity contribution in [1.29, 1.82) is 0 Å². The van der Waals surface area contributed by atoms with Crippen LogP contribution in [-0.4, -0.2) is 28.8 Å². The van der Waals surface area contributed by atoms with Crippen LogP contribution in [0.3, 0.4) is 0 Å². The normalized spacial score (nSPS) is 29.6. The number of allylic oxidation sites excluding steroid dienone is 1. The average molecular weight is 397 g/mol. The van der Waals surface area contributed by atoms with Crippen LogP contribution in [0, 0.1) is 11.3 Å². The lowest BCUT2D eigenvalue weighted by Gasteiger charge is -2.27. The molecule has 0 bridgehead atoms. The summed E-state index contributed by atoms with van der Waals surface area (Å²) in [5.41, 5.74) is 1.78. The lowest BCUT2D eigenvalue weighted by atomic mass is 9.80. The molecular formula is C18H17BrF2NO2+. The summed E-state index contributed by atoms with van der Waals surface area (Å²) in [6.07, 6.45) is 0.535. The molecule has 2 unspecified atom stereocenters. The van der Waals surface area contributed by atoms with Gasteiger partial charge in [0.2, 0.25) is 5.69 Å². The van der Waals surface area contributed by atoms with Gasteiger partial charge >= 0.3 is 11.7 Å². The van der Waals surface area contributed by atoms with Gasteiger partial charge in [-0.25, -0.2) is 13.6 Å². The van der Waals surface area contributed by atoms with E-state index >= 15 is 0 Å². The van der Waals surface area contributed by atoms with Gasteiger partial charge in [-0.15, -0.1) is 0 Å². The van der Waals surface area contributed by atoms with E-state index in [-0.39, 0.29) is 19.4 Å². The Balaban J connectivity index is 1.79. The molecule has 0 N–H and O–H groups in total. The van der Waals surface area contributed by atoms with Crippen molar-refractivity contribution in [1.82, 2.24) is 0 Å². The molecule has 0 spiro atoms. The Hall–Kier alpha value is -1.56. The highest BCUT2D eigenvalue weighted by atomic mass is 79.9. The highest BCUT2D eigenvalue weighted by molar-refractivity contribution is 9.10. The quantitative estimate of drug-likeness (QED) is 0.558. The third-order valence-corrected chi connectivity index (χ3v) is 5.98. The van der Waals surface area contributed by atoms with Gasteiger partial charge in [0.1, 0.15) is 0 Å². The van der Waals surface area contributed by atoms with Gasteiger partial charge in [0.15, 0.2) is 5.71 Å². The van der Waals surface area contributed by atoms with E-state index in [1.165, 1.54) is 0 Å². The molecule has 1 aromatic carbocycles. The van der Waals surface area contributed by atoms with Crippen LogP contribution in [0.4, 0.5) is 14.5 Å². The zero-order chi connectivity index (χ0) is 17.3. The first kappa shape index (κ1) is 15.9. The number of hydrogen-bond donors (Lipinski definition) is 0. The Morgan fingerprint density at radius 1 is 1.46 bits per heavy atom. The summed E-state index contributed by atoms with van der Waals surface area (Å²) in [5, 5.41) is 0. The Morgan fingerprint density at radius 3 is 2.88 bits per heavy atom. The second-order valence-corrected chi connectivity index (χ2v) is 7.70. The molecule has 1 aliphatic heterocycles. The van der Waals surface area contributed by atoms with E-state index in [2.05, 4.69) is 15.9 Å². The smallest absolute Gasteiger partial charge is 0.404 e. The van der Waals surface area contributed by atoms with Crippen LogP contribution in [0.25, 0.3) is 0 Å². The van der Waals surface area contributed by atoms with Crippen LogP contribution >= 0.6 is 15.9 Å². The molecule has 2 saturated carbocycles. The molecule has 1 aromatic rings. The third kappa shape index (κ3) is 1.92. The first-order valence-electron chi connectivity index (χ1n) is 8.01. The molecule has 6 heteroatoms. The number of hydrogen-bond acceptors (Lipinski definition) is 2. The van der Waals surface area contributed by atoms with Crippen LogP contribution < -0.4 is 0 Å². The SMILES string of the molecule is CCOC(=O)C1=C2CC3C(F)(F)C3(C)CC2=[N+]1c1cccc(Br)c1.